The standard InChI is InChI=1S/C13H14INO2/c14-12-9-5-4-8-11(12)13(16)17-15-10-6-2-1-3-7-10/h4-5,8-9H,1-3,6-7H2. The molecule has 1 fully saturated rings. The molecule has 1 aliphatic carbocycles. The molecule has 1 aromatic rings. The summed E-state index contributed by atoms with van der Waals surface area (Å²) in [5, 5.41) is 3.96. The average Bonchev–Trinajstić information content (AvgIpc) is 2.38. The Bertz CT molecular complexity index is 435. The summed E-state index contributed by atoms with van der Waals surface area (Å²) in [5.41, 5.74) is 1.59. The van der Waals surface area contributed by atoms with Gasteiger partial charge in [-0.15, -0.1) is 0 Å². The minimum absolute atomic E-state index is 0.368. The molecule has 0 N–H and O–H groups in total. The lowest BCUT2D eigenvalue weighted by atomic mass is 9.99. The molecule has 0 radical (unpaired) electrons. The SMILES string of the molecule is O=C(ON=C1CCCCC1)c1ccccc1I. The second-order valence-corrected chi connectivity index (χ2v) is 5.24. The van der Waals surface area contributed by atoms with Crippen molar-refractivity contribution in [2.75, 3.05) is 0 Å². The van der Waals surface area contributed by atoms with Crippen LogP contribution in [0.1, 0.15) is 42.5 Å². The Morgan fingerprint density at radius 2 is 1.88 bits per heavy atom. The quantitative estimate of drug-likeness (QED) is 0.466. The van der Waals surface area contributed by atoms with Crippen molar-refractivity contribution < 1.29 is 9.63 Å². The fourth-order valence-electron chi connectivity index (χ4n) is 1.83. The molecule has 4 heteroatoms. The second-order valence-electron chi connectivity index (χ2n) is 4.08. The number of oxime groups is 1. The van der Waals surface area contributed by atoms with Crippen molar-refractivity contribution >= 4 is 34.3 Å². The summed E-state index contributed by atoms with van der Waals surface area (Å²) < 4.78 is 0.888. The van der Waals surface area contributed by atoms with Gasteiger partial charge in [0.1, 0.15) is 0 Å². The smallest absolute Gasteiger partial charge is 0.313 e. The Morgan fingerprint density at radius 3 is 2.59 bits per heavy atom. The molecule has 3 nitrogen and oxygen atoms in total. The van der Waals surface area contributed by atoms with E-state index in [9.17, 15) is 4.79 Å². The zero-order chi connectivity index (χ0) is 12.1. The first-order valence-corrected chi connectivity index (χ1v) is 6.87. The van der Waals surface area contributed by atoms with Crippen LogP contribution in [-0.2, 0) is 4.84 Å². The van der Waals surface area contributed by atoms with E-state index in [1.807, 2.05) is 18.2 Å². The van der Waals surface area contributed by atoms with E-state index in [2.05, 4.69) is 27.7 Å². The van der Waals surface area contributed by atoms with Crippen LogP contribution in [0.3, 0.4) is 0 Å². The molecular formula is C13H14INO2. The van der Waals surface area contributed by atoms with E-state index in [-0.39, 0.29) is 5.97 Å². The molecule has 90 valence electrons. The number of benzene rings is 1. The van der Waals surface area contributed by atoms with Crippen LogP contribution in [0.5, 0.6) is 0 Å². The zero-order valence-corrected chi connectivity index (χ0v) is 11.6. The highest BCUT2D eigenvalue weighted by Gasteiger charge is 2.12. The van der Waals surface area contributed by atoms with Gasteiger partial charge >= 0.3 is 5.97 Å². The Hall–Kier alpha value is -0.910. The lowest BCUT2D eigenvalue weighted by Gasteiger charge is -2.11. The average molecular weight is 343 g/mol. The Morgan fingerprint density at radius 1 is 1.18 bits per heavy atom. The molecule has 17 heavy (non-hydrogen) atoms. The topological polar surface area (TPSA) is 38.7 Å². The third-order valence-corrected chi connectivity index (χ3v) is 3.72. The number of nitrogens with zero attached hydrogens (tertiary/aromatic N) is 1. The van der Waals surface area contributed by atoms with Crippen LogP contribution in [0, 0.1) is 3.57 Å². The third-order valence-electron chi connectivity index (χ3n) is 2.78. The number of hydrogen-bond donors (Lipinski definition) is 0. The molecule has 1 aromatic carbocycles. The van der Waals surface area contributed by atoms with Gasteiger partial charge in [0.05, 0.1) is 11.3 Å². The van der Waals surface area contributed by atoms with Gasteiger partial charge in [0.15, 0.2) is 0 Å². The monoisotopic (exact) mass is 343 g/mol. The van der Waals surface area contributed by atoms with Crippen LogP contribution >= 0.6 is 22.6 Å². The fourth-order valence-corrected chi connectivity index (χ4v) is 2.44. The highest BCUT2D eigenvalue weighted by Crippen LogP contribution is 2.16. The van der Waals surface area contributed by atoms with E-state index >= 15 is 0 Å². The molecular weight excluding hydrogens is 329 g/mol. The van der Waals surface area contributed by atoms with Crippen molar-refractivity contribution in [2.45, 2.75) is 32.1 Å². The number of hydrogen-bond acceptors (Lipinski definition) is 3. The molecule has 0 atom stereocenters. The van der Waals surface area contributed by atoms with Crippen molar-refractivity contribution in [1.29, 1.82) is 0 Å². The lowest BCUT2D eigenvalue weighted by Crippen LogP contribution is -2.09. The van der Waals surface area contributed by atoms with Crippen molar-refractivity contribution in [2.24, 2.45) is 5.16 Å². The van der Waals surface area contributed by atoms with Crippen molar-refractivity contribution in [3.05, 3.63) is 33.4 Å². The molecule has 2 rings (SSSR count). The van der Waals surface area contributed by atoms with Gasteiger partial charge in [-0.25, -0.2) is 4.79 Å². The summed E-state index contributed by atoms with van der Waals surface area (Å²) in [5.74, 6) is -0.368. The van der Waals surface area contributed by atoms with E-state index in [1.54, 1.807) is 6.07 Å². The Labute approximate surface area is 114 Å². The van der Waals surface area contributed by atoms with E-state index in [0.29, 0.717) is 5.56 Å². The van der Waals surface area contributed by atoms with Gasteiger partial charge in [-0.05, 0) is 60.4 Å². The Kier molecular flexibility index (Phi) is 4.53. The first kappa shape index (κ1) is 12.5. The molecule has 0 amide bonds. The predicted octanol–water partition coefficient (Wildman–Crippen LogP) is 3.77. The maximum absolute atomic E-state index is 11.8. The molecule has 0 bridgehead atoms. The van der Waals surface area contributed by atoms with Crippen molar-refractivity contribution in [1.82, 2.24) is 0 Å². The van der Waals surface area contributed by atoms with E-state index in [0.717, 1.165) is 35.0 Å². The maximum Gasteiger partial charge on any atom is 0.366 e. The first-order chi connectivity index (χ1) is 8.27. The minimum atomic E-state index is -0.368. The van der Waals surface area contributed by atoms with Gasteiger partial charge in [-0.2, -0.15) is 0 Å². The summed E-state index contributed by atoms with van der Waals surface area (Å²) in [4.78, 5) is 16.8. The molecule has 0 unspecified atom stereocenters. The second kappa shape index (κ2) is 6.14. The fraction of sp³-hybridized carbons (Fsp3) is 0.385. The summed E-state index contributed by atoms with van der Waals surface area (Å²) >= 11 is 2.12. The number of carbonyl (C=O) groups is 1. The van der Waals surface area contributed by atoms with E-state index in [4.69, 9.17) is 4.84 Å². The van der Waals surface area contributed by atoms with Crippen LogP contribution in [0.4, 0.5) is 0 Å². The predicted molar refractivity (Wildman–Crippen MR) is 75.1 cm³/mol. The van der Waals surface area contributed by atoms with Gasteiger partial charge in [-0.1, -0.05) is 23.7 Å². The number of carbonyl (C=O) groups excluding carboxylic acids is 1. The Balaban J connectivity index is 2.00. The summed E-state index contributed by atoms with van der Waals surface area (Å²) in [6.07, 6.45) is 5.47. The number of rotatable bonds is 2. The third kappa shape index (κ3) is 3.52. The van der Waals surface area contributed by atoms with Crippen molar-refractivity contribution in [3.8, 4) is 0 Å². The molecule has 0 aromatic heterocycles. The van der Waals surface area contributed by atoms with Crippen LogP contribution in [-0.4, -0.2) is 11.7 Å². The van der Waals surface area contributed by atoms with Gasteiger partial charge in [0.25, 0.3) is 0 Å². The van der Waals surface area contributed by atoms with Crippen LogP contribution in [0.25, 0.3) is 0 Å². The summed E-state index contributed by atoms with van der Waals surface area (Å²) in [7, 11) is 0. The number of halogens is 1. The molecule has 1 aliphatic rings. The van der Waals surface area contributed by atoms with E-state index < -0.39 is 0 Å². The molecule has 0 spiro atoms. The van der Waals surface area contributed by atoms with Gasteiger partial charge in [0, 0.05) is 3.57 Å². The van der Waals surface area contributed by atoms with Gasteiger partial charge < -0.3 is 4.84 Å². The largest absolute Gasteiger partial charge is 0.366 e. The highest BCUT2D eigenvalue weighted by atomic mass is 127. The minimum Gasteiger partial charge on any atom is -0.313 e. The van der Waals surface area contributed by atoms with Gasteiger partial charge in [0.2, 0.25) is 0 Å². The van der Waals surface area contributed by atoms with E-state index in [1.165, 1.54) is 6.42 Å². The molecule has 0 heterocycles. The van der Waals surface area contributed by atoms with Crippen LogP contribution < -0.4 is 0 Å². The maximum atomic E-state index is 11.8. The lowest BCUT2D eigenvalue weighted by molar-refractivity contribution is 0.0512. The molecule has 0 saturated heterocycles. The highest BCUT2D eigenvalue weighted by molar-refractivity contribution is 14.1. The zero-order valence-electron chi connectivity index (χ0n) is 9.49. The van der Waals surface area contributed by atoms with Crippen LogP contribution in [0.2, 0.25) is 0 Å². The normalized spacial score (nSPS) is 15.5. The molecule has 1 saturated carbocycles. The van der Waals surface area contributed by atoms with Crippen molar-refractivity contribution in [3.63, 3.8) is 0 Å². The van der Waals surface area contributed by atoms with Gasteiger partial charge in [-0.3, -0.25) is 0 Å². The first-order valence-electron chi connectivity index (χ1n) is 5.79. The summed E-state index contributed by atoms with van der Waals surface area (Å²) in [6.45, 7) is 0. The molecule has 0 aliphatic heterocycles. The summed E-state index contributed by atoms with van der Waals surface area (Å²) in [6, 6.07) is 7.36. The van der Waals surface area contributed by atoms with Crippen LogP contribution in [0.15, 0.2) is 29.4 Å².